The topological polar surface area (TPSA) is 45.8 Å². The van der Waals surface area contributed by atoms with Crippen LogP contribution >= 0.6 is 11.6 Å². The second kappa shape index (κ2) is 6.36. The standard InChI is InChI=1S/C17H17ClN2O2/c1-12-4-2-5-13(10-12)14-11-15(16-6-3-9-22-16)20(19-14)17(21)7-8-18/h2-6,9-10,15H,7-8,11H2,1H3. The second-order valence-electron chi connectivity index (χ2n) is 5.33. The zero-order valence-corrected chi connectivity index (χ0v) is 13.1. The van der Waals surface area contributed by atoms with Crippen LogP contribution in [0.5, 0.6) is 0 Å². The summed E-state index contributed by atoms with van der Waals surface area (Å²) < 4.78 is 5.48. The predicted octanol–water partition coefficient (Wildman–Crippen LogP) is 3.89. The van der Waals surface area contributed by atoms with E-state index in [2.05, 4.69) is 11.2 Å². The molecule has 2 aromatic rings. The first-order valence-electron chi connectivity index (χ1n) is 7.25. The van der Waals surface area contributed by atoms with Crippen LogP contribution in [0.2, 0.25) is 0 Å². The summed E-state index contributed by atoms with van der Waals surface area (Å²) in [4.78, 5) is 12.3. The number of aryl methyl sites for hydroxylation is 1. The maximum atomic E-state index is 12.3. The van der Waals surface area contributed by atoms with E-state index in [1.807, 2.05) is 37.3 Å². The van der Waals surface area contributed by atoms with Gasteiger partial charge in [0.25, 0.3) is 0 Å². The molecule has 0 saturated carbocycles. The average molecular weight is 317 g/mol. The van der Waals surface area contributed by atoms with Crippen LogP contribution in [-0.4, -0.2) is 22.5 Å². The van der Waals surface area contributed by atoms with Crippen LogP contribution in [-0.2, 0) is 4.79 Å². The minimum absolute atomic E-state index is 0.0842. The van der Waals surface area contributed by atoms with Crippen LogP contribution in [0.25, 0.3) is 0 Å². The largest absolute Gasteiger partial charge is 0.467 e. The van der Waals surface area contributed by atoms with Crippen LogP contribution in [0.15, 0.2) is 52.2 Å². The maximum absolute atomic E-state index is 12.3. The molecule has 22 heavy (non-hydrogen) atoms. The van der Waals surface area contributed by atoms with E-state index in [4.69, 9.17) is 16.0 Å². The fraction of sp³-hybridized carbons (Fsp3) is 0.294. The van der Waals surface area contributed by atoms with Crippen LogP contribution in [0.1, 0.15) is 35.8 Å². The van der Waals surface area contributed by atoms with E-state index in [9.17, 15) is 4.79 Å². The molecule has 1 aromatic heterocycles. The minimum Gasteiger partial charge on any atom is -0.467 e. The summed E-state index contributed by atoms with van der Waals surface area (Å²) in [5, 5.41) is 6.05. The Balaban J connectivity index is 1.93. The van der Waals surface area contributed by atoms with E-state index in [1.165, 1.54) is 10.6 Å². The molecule has 0 fully saturated rings. The first kappa shape index (κ1) is 14.9. The van der Waals surface area contributed by atoms with Gasteiger partial charge in [0.2, 0.25) is 5.91 Å². The molecular formula is C17H17ClN2O2. The summed E-state index contributed by atoms with van der Waals surface area (Å²) in [6, 6.07) is 11.6. The van der Waals surface area contributed by atoms with Crippen molar-refractivity contribution in [3.8, 4) is 0 Å². The maximum Gasteiger partial charge on any atom is 0.244 e. The van der Waals surface area contributed by atoms with Gasteiger partial charge in [0.05, 0.1) is 12.0 Å². The Bertz CT molecular complexity index is 694. The first-order chi connectivity index (χ1) is 10.7. The Morgan fingerprint density at radius 2 is 2.27 bits per heavy atom. The first-order valence-corrected chi connectivity index (χ1v) is 7.78. The van der Waals surface area contributed by atoms with Gasteiger partial charge in [0.1, 0.15) is 11.8 Å². The number of alkyl halides is 1. The molecule has 1 unspecified atom stereocenters. The van der Waals surface area contributed by atoms with Gasteiger partial charge in [-0.1, -0.05) is 29.8 Å². The molecular weight excluding hydrogens is 300 g/mol. The van der Waals surface area contributed by atoms with Crippen LogP contribution in [0, 0.1) is 6.92 Å². The molecule has 1 aromatic carbocycles. The smallest absolute Gasteiger partial charge is 0.244 e. The summed E-state index contributed by atoms with van der Waals surface area (Å²) in [7, 11) is 0. The van der Waals surface area contributed by atoms with Crippen LogP contribution < -0.4 is 0 Å². The van der Waals surface area contributed by atoms with Crippen molar-refractivity contribution in [3.63, 3.8) is 0 Å². The number of amides is 1. The Morgan fingerprint density at radius 1 is 1.41 bits per heavy atom. The molecule has 0 saturated heterocycles. The number of nitrogens with zero attached hydrogens (tertiary/aromatic N) is 2. The normalized spacial score (nSPS) is 17.6. The molecule has 3 rings (SSSR count). The quantitative estimate of drug-likeness (QED) is 0.803. The molecule has 5 heteroatoms. The summed E-state index contributed by atoms with van der Waals surface area (Å²) in [5.74, 6) is 0.948. The van der Waals surface area contributed by atoms with E-state index in [-0.39, 0.29) is 24.2 Å². The Kier molecular flexibility index (Phi) is 4.29. The van der Waals surface area contributed by atoms with Crippen molar-refractivity contribution in [2.24, 2.45) is 5.10 Å². The van der Waals surface area contributed by atoms with Crippen molar-refractivity contribution >= 4 is 23.2 Å². The molecule has 1 amide bonds. The zero-order chi connectivity index (χ0) is 15.5. The van der Waals surface area contributed by atoms with Gasteiger partial charge in [-0.25, -0.2) is 5.01 Å². The Morgan fingerprint density at radius 3 is 2.95 bits per heavy atom. The molecule has 0 spiro atoms. The average Bonchev–Trinajstić information content (AvgIpc) is 3.17. The number of rotatable bonds is 4. The number of benzene rings is 1. The van der Waals surface area contributed by atoms with Crippen molar-refractivity contribution in [2.75, 3.05) is 5.88 Å². The molecule has 0 aliphatic carbocycles. The SMILES string of the molecule is Cc1cccc(C2=NN(C(=O)CCCl)C(c3ccco3)C2)c1. The van der Waals surface area contributed by atoms with Gasteiger partial charge in [-0.05, 0) is 24.6 Å². The highest BCUT2D eigenvalue weighted by Gasteiger charge is 2.34. The third kappa shape index (κ3) is 2.92. The van der Waals surface area contributed by atoms with E-state index in [1.54, 1.807) is 6.26 Å². The van der Waals surface area contributed by atoms with Crippen molar-refractivity contribution in [2.45, 2.75) is 25.8 Å². The number of hydrogen-bond donors (Lipinski definition) is 0. The lowest BCUT2D eigenvalue weighted by Crippen LogP contribution is -2.26. The van der Waals surface area contributed by atoms with Crippen molar-refractivity contribution in [3.05, 3.63) is 59.5 Å². The fourth-order valence-corrected chi connectivity index (χ4v) is 2.80. The van der Waals surface area contributed by atoms with Gasteiger partial charge in [0, 0.05) is 18.7 Å². The fourth-order valence-electron chi connectivity index (χ4n) is 2.64. The number of halogens is 1. The lowest BCUT2D eigenvalue weighted by Gasteiger charge is -2.19. The third-order valence-electron chi connectivity index (χ3n) is 3.70. The zero-order valence-electron chi connectivity index (χ0n) is 12.3. The molecule has 0 N–H and O–H groups in total. The summed E-state index contributed by atoms with van der Waals surface area (Å²) in [6.45, 7) is 2.04. The molecule has 1 atom stereocenters. The lowest BCUT2D eigenvalue weighted by atomic mass is 10.0. The molecule has 1 aliphatic heterocycles. The Labute approximate surface area is 134 Å². The minimum atomic E-state index is -0.193. The third-order valence-corrected chi connectivity index (χ3v) is 3.89. The Hall–Kier alpha value is -2.07. The van der Waals surface area contributed by atoms with Crippen molar-refractivity contribution < 1.29 is 9.21 Å². The monoisotopic (exact) mass is 316 g/mol. The number of furan rings is 1. The van der Waals surface area contributed by atoms with E-state index < -0.39 is 0 Å². The van der Waals surface area contributed by atoms with E-state index in [0.717, 1.165) is 17.0 Å². The highest BCUT2D eigenvalue weighted by molar-refractivity contribution is 6.19. The number of carbonyl (C=O) groups is 1. The van der Waals surface area contributed by atoms with Gasteiger partial charge in [-0.15, -0.1) is 11.6 Å². The van der Waals surface area contributed by atoms with Crippen molar-refractivity contribution in [1.29, 1.82) is 0 Å². The van der Waals surface area contributed by atoms with Crippen molar-refractivity contribution in [1.82, 2.24) is 5.01 Å². The van der Waals surface area contributed by atoms with Gasteiger partial charge in [-0.3, -0.25) is 4.79 Å². The van der Waals surface area contributed by atoms with Gasteiger partial charge in [-0.2, -0.15) is 5.10 Å². The lowest BCUT2D eigenvalue weighted by molar-refractivity contribution is -0.132. The van der Waals surface area contributed by atoms with Gasteiger partial charge < -0.3 is 4.42 Å². The summed E-state index contributed by atoms with van der Waals surface area (Å²) in [5.41, 5.74) is 3.10. The predicted molar refractivity (Wildman–Crippen MR) is 86.0 cm³/mol. The summed E-state index contributed by atoms with van der Waals surface area (Å²) >= 11 is 5.70. The summed E-state index contributed by atoms with van der Waals surface area (Å²) in [6.07, 6.45) is 2.53. The van der Waals surface area contributed by atoms with Gasteiger partial charge >= 0.3 is 0 Å². The molecule has 0 radical (unpaired) electrons. The molecule has 114 valence electrons. The van der Waals surface area contributed by atoms with E-state index in [0.29, 0.717) is 6.42 Å². The molecule has 2 heterocycles. The van der Waals surface area contributed by atoms with Crippen LogP contribution in [0.3, 0.4) is 0 Å². The van der Waals surface area contributed by atoms with E-state index >= 15 is 0 Å². The number of hydrazone groups is 1. The number of carbonyl (C=O) groups excluding carboxylic acids is 1. The molecule has 1 aliphatic rings. The van der Waals surface area contributed by atoms with Gasteiger partial charge in [0.15, 0.2) is 0 Å². The molecule has 0 bridgehead atoms. The number of hydrogen-bond acceptors (Lipinski definition) is 3. The highest BCUT2D eigenvalue weighted by atomic mass is 35.5. The second-order valence-corrected chi connectivity index (χ2v) is 5.71. The molecule has 4 nitrogen and oxygen atoms in total. The highest BCUT2D eigenvalue weighted by Crippen LogP contribution is 2.33. The van der Waals surface area contributed by atoms with Crippen LogP contribution in [0.4, 0.5) is 0 Å².